The Hall–Kier alpha value is -3.24. The number of para-hydroxylation sites is 1. The fourth-order valence-electron chi connectivity index (χ4n) is 3.48. The van der Waals surface area contributed by atoms with Crippen LogP contribution in [0.25, 0.3) is 0 Å². The van der Waals surface area contributed by atoms with Crippen LogP contribution in [-0.4, -0.2) is 50.6 Å². The second kappa shape index (κ2) is 9.49. The Kier molecular flexibility index (Phi) is 6.52. The van der Waals surface area contributed by atoms with E-state index in [9.17, 15) is 9.90 Å². The van der Waals surface area contributed by atoms with E-state index in [1.807, 2.05) is 19.1 Å². The molecule has 4 rings (SSSR count). The number of benzene rings is 1. The van der Waals surface area contributed by atoms with E-state index in [0.717, 1.165) is 31.5 Å². The summed E-state index contributed by atoms with van der Waals surface area (Å²) in [5, 5.41) is 15.4. The Labute approximate surface area is 190 Å². The summed E-state index contributed by atoms with van der Waals surface area (Å²) in [6.45, 7) is 5.35. The number of hydrogen-bond acceptors (Lipinski definition) is 9. The number of anilines is 4. The number of carbonyl (C=O) groups excluding carboxylic acids is 1. The van der Waals surface area contributed by atoms with Crippen LogP contribution in [-0.2, 0) is 0 Å². The molecule has 168 valence electrons. The molecule has 0 spiro atoms. The topological polar surface area (TPSA) is 129 Å². The molecule has 3 N–H and O–H groups in total. The first kappa shape index (κ1) is 22.0. The van der Waals surface area contributed by atoms with Crippen molar-refractivity contribution in [1.29, 1.82) is 0 Å². The van der Waals surface area contributed by atoms with Crippen molar-refractivity contribution in [3.63, 3.8) is 0 Å². The van der Waals surface area contributed by atoms with Gasteiger partial charge in [-0.1, -0.05) is 23.7 Å². The maximum absolute atomic E-state index is 12.6. The third kappa shape index (κ3) is 4.97. The minimum atomic E-state index is -0.471. The number of oxazole rings is 1. The quantitative estimate of drug-likeness (QED) is 0.510. The smallest absolute Gasteiger partial charge is 0.302 e. The van der Waals surface area contributed by atoms with Crippen molar-refractivity contribution >= 4 is 41.1 Å². The fraction of sp³-hybridized carbons (Fsp3) is 0.381. The molecule has 0 saturated carbocycles. The molecule has 1 fully saturated rings. The van der Waals surface area contributed by atoms with E-state index in [4.69, 9.17) is 16.0 Å². The monoisotopic (exact) mass is 457 g/mol. The number of piperidine rings is 1. The van der Waals surface area contributed by atoms with Crippen LogP contribution in [0.3, 0.4) is 0 Å². The third-order valence-electron chi connectivity index (χ3n) is 5.30. The Morgan fingerprint density at radius 2 is 2.03 bits per heavy atom. The predicted molar refractivity (Wildman–Crippen MR) is 121 cm³/mol. The van der Waals surface area contributed by atoms with Gasteiger partial charge >= 0.3 is 6.01 Å². The number of aryl methyl sites for hydroxylation is 2. The molecule has 0 atom stereocenters. The second-order valence-corrected chi connectivity index (χ2v) is 8.07. The summed E-state index contributed by atoms with van der Waals surface area (Å²) in [6.07, 6.45) is 3.08. The van der Waals surface area contributed by atoms with Gasteiger partial charge < -0.3 is 19.7 Å². The maximum atomic E-state index is 12.6. The highest BCUT2D eigenvalue weighted by molar-refractivity contribution is 6.34. The Morgan fingerprint density at radius 1 is 1.25 bits per heavy atom. The normalized spacial score (nSPS) is 14.4. The van der Waals surface area contributed by atoms with E-state index in [0.29, 0.717) is 28.4 Å². The van der Waals surface area contributed by atoms with Gasteiger partial charge in [0.25, 0.3) is 5.91 Å². The van der Waals surface area contributed by atoms with Crippen molar-refractivity contribution in [3.05, 3.63) is 46.6 Å². The number of aromatic nitrogens is 4. The molecule has 3 heterocycles. The van der Waals surface area contributed by atoms with E-state index >= 15 is 0 Å². The molecule has 32 heavy (non-hydrogen) atoms. The zero-order chi connectivity index (χ0) is 22.7. The third-order valence-corrected chi connectivity index (χ3v) is 5.61. The van der Waals surface area contributed by atoms with E-state index in [-0.39, 0.29) is 24.3 Å². The number of hydrogen-bond donors (Lipinski definition) is 3. The molecule has 1 saturated heterocycles. The molecule has 0 unspecified atom stereocenters. The number of halogens is 1. The van der Waals surface area contributed by atoms with Crippen LogP contribution >= 0.6 is 11.6 Å². The molecule has 11 heteroatoms. The molecule has 1 amide bonds. The van der Waals surface area contributed by atoms with Gasteiger partial charge in [0.05, 0.1) is 16.9 Å². The first-order valence-electron chi connectivity index (χ1n) is 10.3. The van der Waals surface area contributed by atoms with Crippen LogP contribution in [0, 0.1) is 19.8 Å². The molecule has 2 aromatic heterocycles. The number of aliphatic hydroxyl groups is 1. The summed E-state index contributed by atoms with van der Waals surface area (Å²) in [5.41, 5.74) is 1.35. The minimum Gasteiger partial charge on any atom is -0.418 e. The van der Waals surface area contributed by atoms with Gasteiger partial charge in [0, 0.05) is 19.7 Å². The number of nitrogens with zero attached hydrogens (tertiary/aromatic N) is 5. The molecule has 0 radical (unpaired) electrons. The van der Waals surface area contributed by atoms with Crippen molar-refractivity contribution in [2.24, 2.45) is 5.92 Å². The zero-order valence-electron chi connectivity index (χ0n) is 17.8. The predicted octanol–water partition coefficient (Wildman–Crippen LogP) is 3.33. The zero-order valence-corrected chi connectivity index (χ0v) is 18.6. The molecule has 1 aliphatic heterocycles. The van der Waals surface area contributed by atoms with Crippen molar-refractivity contribution in [2.45, 2.75) is 26.7 Å². The lowest BCUT2D eigenvalue weighted by molar-refractivity contribution is 0.0997. The second-order valence-electron chi connectivity index (χ2n) is 7.66. The molecule has 3 aromatic rings. The van der Waals surface area contributed by atoms with Gasteiger partial charge in [-0.15, -0.1) is 0 Å². The van der Waals surface area contributed by atoms with Crippen LogP contribution in [0.1, 0.15) is 34.8 Å². The Morgan fingerprint density at radius 3 is 2.75 bits per heavy atom. The molecule has 1 aliphatic rings. The maximum Gasteiger partial charge on any atom is 0.302 e. The van der Waals surface area contributed by atoms with Gasteiger partial charge in [0.15, 0.2) is 0 Å². The number of rotatable bonds is 6. The number of amides is 1. The average Bonchev–Trinajstić information content (AvgIpc) is 3.24. The van der Waals surface area contributed by atoms with Crippen LogP contribution in [0.4, 0.5) is 23.6 Å². The number of carbonyl (C=O) groups is 1. The van der Waals surface area contributed by atoms with E-state index in [2.05, 4.69) is 35.5 Å². The molecule has 0 bridgehead atoms. The van der Waals surface area contributed by atoms with Crippen LogP contribution < -0.4 is 15.5 Å². The van der Waals surface area contributed by atoms with Gasteiger partial charge in [-0.25, -0.2) is 4.98 Å². The fourth-order valence-corrected chi connectivity index (χ4v) is 3.75. The highest BCUT2D eigenvalue weighted by atomic mass is 35.5. The van der Waals surface area contributed by atoms with Gasteiger partial charge in [-0.2, -0.15) is 15.0 Å². The first-order valence-corrected chi connectivity index (χ1v) is 10.7. The van der Waals surface area contributed by atoms with Gasteiger partial charge in [-0.05, 0) is 44.2 Å². The minimum absolute atomic E-state index is 0.0175. The van der Waals surface area contributed by atoms with E-state index < -0.39 is 5.91 Å². The summed E-state index contributed by atoms with van der Waals surface area (Å²) in [4.78, 5) is 31.9. The van der Waals surface area contributed by atoms with Crippen molar-refractivity contribution in [3.8, 4) is 0 Å². The summed E-state index contributed by atoms with van der Waals surface area (Å²) in [5.74, 6) is 1.23. The largest absolute Gasteiger partial charge is 0.418 e. The molecule has 0 aliphatic carbocycles. The standard InChI is InChI=1S/C21H24ClN7O3/c1-12-4-3-5-15(22)17(12)26-18(31)16-10-23-21(32-16)28-19-24-13(2)25-20(27-19)29-8-6-14(11-30)7-9-29/h3-5,10,14,30H,6-9,11H2,1-2H3,(H,26,31)(H,23,24,25,27,28). The highest BCUT2D eigenvalue weighted by Gasteiger charge is 2.22. The molecule has 1 aromatic carbocycles. The van der Waals surface area contributed by atoms with Gasteiger partial charge in [-0.3, -0.25) is 10.1 Å². The van der Waals surface area contributed by atoms with Gasteiger partial charge in [0.2, 0.25) is 17.7 Å². The lowest BCUT2D eigenvalue weighted by Gasteiger charge is -2.31. The van der Waals surface area contributed by atoms with Gasteiger partial charge in [0.1, 0.15) is 5.82 Å². The molecular formula is C21H24ClN7O3. The molecule has 10 nitrogen and oxygen atoms in total. The van der Waals surface area contributed by atoms with Crippen molar-refractivity contribution < 1.29 is 14.3 Å². The van der Waals surface area contributed by atoms with E-state index in [1.165, 1.54) is 6.20 Å². The summed E-state index contributed by atoms with van der Waals surface area (Å²) in [7, 11) is 0. The van der Waals surface area contributed by atoms with Crippen molar-refractivity contribution in [1.82, 2.24) is 19.9 Å². The average molecular weight is 458 g/mol. The number of aliphatic hydroxyl groups excluding tert-OH is 1. The van der Waals surface area contributed by atoms with Crippen LogP contribution in [0.2, 0.25) is 5.02 Å². The summed E-state index contributed by atoms with van der Waals surface area (Å²) < 4.78 is 5.54. The first-order chi connectivity index (χ1) is 15.4. The Balaban J connectivity index is 1.45. The Bertz CT molecular complexity index is 1090. The summed E-state index contributed by atoms with van der Waals surface area (Å²) >= 11 is 6.17. The summed E-state index contributed by atoms with van der Waals surface area (Å²) in [6, 6.07) is 5.44. The van der Waals surface area contributed by atoms with Crippen LogP contribution in [0.5, 0.6) is 0 Å². The van der Waals surface area contributed by atoms with Crippen LogP contribution in [0.15, 0.2) is 28.8 Å². The molecular weight excluding hydrogens is 434 g/mol. The number of nitrogens with one attached hydrogen (secondary N) is 2. The van der Waals surface area contributed by atoms with Crippen molar-refractivity contribution in [2.75, 3.05) is 35.2 Å². The lowest BCUT2D eigenvalue weighted by atomic mass is 9.98. The highest BCUT2D eigenvalue weighted by Crippen LogP contribution is 2.26. The SMILES string of the molecule is Cc1nc(Nc2ncc(C(=O)Nc3c(C)cccc3Cl)o2)nc(N2CCC(CO)CC2)n1. The lowest BCUT2D eigenvalue weighted by Crippen LogP contribution is -2.36. The van der Waals surface area contributed by atoms with E-state index in [1.54, 1.807) is 13.0 Å².